The molecule has 3 saturated carbocycles. The molecule has 4 fully saturated rings. The minimum Gasteiger partial charge on any atom is -0.462 e. The van der Waals surface area contributed by atoms with Crippen molar-refractivity contribution in [3.8, 4) is 0 Å². The summed E-state index contributed by atoms with van der Waals surface area (Å²) in [5.74, 6) is 4.05. The smallest absolute Gasteiger partial charge is 0.306 e. The molecule has 0 bridgehead atoms. The number of rotatable bonds is 10. The van der Waals surface area contributed by atoms with Gasteiger partial charge in [-0.15, -0.1) is 23.2 Å². The van der Waals surface area contributed by atoms with Crippen LogP contribution in [-0.2, 0) is 20.7 Å². The summed E-state index contributed by atoms with van der Waals surface area (Å²) in [7, 11) is 0. The Kier molecular flexibility index (Phi) is 9.62. The number of halogens is 2. The number of carbonyl (C=O) groups excluding carboxylic acids is 2. The SMILES string of the molecule is C[C@]12CCC3C(CC[C@H]4C[C@@H](OC(=O)CCCc5ccc(N(CCCl)CCCl)cc5)CC[C@]34C)C1CCC(=O)N2. The first-order valence-electron chi connectivity index (χ1n) is 15.7. The molecule has 5 rings (SSSR count). The number of aryl methyl sites for hydroxylation is 1. The van der Waals surface area contributed by atoms with E-state index in [-0.39, 0.29) is 23.5 Å². The maximum Gasteiger partial charge on any atom is 0.306 e. The average Bonchev–Trinajstić information content (AvgIpc) is 2.93. The zero-order chi connectivity index (χ0) is 28.3. The molecule has 40 heavy (non-hydrogen) atoms. The lowest BCUT2D eigenvalue weighted by Gasteiger charge is -2.62. The first-order chi connectivity index (χ1) is 19.3. The van der Waals surface area contributed by atoms with Crippen LogP contribution in [0.3, 0.4) is 0 Å². The fourth-order valence-corrected chi connectivity index (χ4v) is 9.54. The molecule has 0 radical (unpaired) electrons. The van der Waals surface area contributed by atoms with Crippen molar-refractivity contribution < 1.29 is 14.3 Å². The molecule has 1 N–H and O–H groups in total. The molecule has 3 unspecified atom stereocenters. The Balaban J connectivity index is 1.08. The molecule has 1 heterocycles. The van der Waals surface area contributed by atoms with Gasteiger partial charge in [0.1, 0.15) is 6.10 Å². The molecule has 0 aromatic heterocycles. The number of nitrogens with zero attached hydrogens (tertiary/aromatic N) is 1. The molecular formula is C33H48Cl2N2O3. The number of amides is 1. The fraction of sp³-hybridized carbons (Fsp3) is 0.758. The normalized spacial score (nSPS) is 35.1. The lowest BCUT2D eigenvalue weighted by Crippen LogP contribution is -2.63. The van der Waals surface area contributed by atoms with Crippen LogP contribution in [0.4, 0.5) is 5.69 Å². The molecule has 7 atom stereocenters. The number of alkyl halides is 2. The van der Waals surface area contributed by atoms with E-state index >= 15 is 0 Å². The summed E-state index contributed by atoms with van der Waals surface area (Å²) in [4.78, 5) is 27.1. The Morgan fingerprint density at radius 1 is 1.00 bits per heavy atom. The lowest BCUT2D eigenvalue weighted by molar-refractivity contribution is -0.163. The second kappa shape index (κ2) is 12.8. The van der Waals surface area contributed by atoms with Gasteiger partial charge in [-0.2, -0.15) is 0 Å². The number of benzene rings is 1. The highest BCUT2D eigenvalue weighted by molar-refractivity contribution is 6.18. The zero-order valence-electron chi connectivity index (χ0n) is 24.4. The predicted octanol–water partition coefficient (Wildman–Crippen LogP) is 7.12. The maximum atomic E-state index is 12.8. The van der Waals surface area contributed by atoms with Crippen LogP contribution in [0.5, 0.6) is 0 Å². The van der Waals surface area contributed by atoms with E-state index < -0.39 is 0 Å². The van der Waals surface area contributed by atoms with E-state index in [0.29, 0.717) is 41.9 Å². The van der Waals surface area contributed by atoms with Crippen LogP contribution < -0.4 is 10.2 Å². The number of ether oxygens (including phenoxy) is 1. The van der Waals surface area contributed by atoms with Gasteiger partial charge in [-0.25, -0.2) is 0 Å². The minimum absolute atomic E-state index is 0.0106. The number of piperidine rings is 1. The monoisotopic (exact) mass is 590 g/mol. The summed E-state index contributed by atoms with van der Waals surface area (Å²) in [6.45, 7) is 6.39. The van der Waals surface area contributed by atoms with Crippen molar-refractivity contribution in [1.82, 2.24) is 5.32 Å². The van der Waals surface area contributed by atoms with E-state index in [2.05, 4.69) is 48.3 Å². The summed E-state index contributed by atoms with van der Waals surface area (Å²) in [6.07, 6.45) is 11.9. The molecule has 3 aliphatic carbocycles. The van der Waals surface area contributed by atoms with E-state index in [9.17, 15) is 9.59 Å². The highest BCUT2D eigenvalue weighted by Gasteiger charge is 2.58. The van der Waals surface area contributed by atoms with Crippen molar-refractivity contribution in [2.24, 2.45) is 29.1 Å². The van der Waals surface area contributed by atoms with Crippen molar-refractivity contribution in [2.45, 2.75) is 103 Å². The van der Waals surface area contributed by atoms with Crippen LogP contribution in [0.15, 0.2) is 24.3 Å². The van der Waals surface area contributed by atoms with Crippen molar-refractivity contribution in [3.05, 3.63) is 29.8 Å². The molecule has 5 nitrogen and oxygen atoms in total. The van der Waals surface area contributed by atoms with Gasteiger partial charge < -0.3 is 15.0 Å². The topological polar surface area (TPSA) is 58.6 Å². The van der Waals surface area contributed by atoms with E-state index in [4.69, 9.17) is 27.9 Å². The van der Waals surface area contributed by atoms with Crippen LogP contribution in [-0.4, -0.2) is 48.4 Å². The number of carbonyl (C=O) groups is 2. The number of esters is 1. The zero-order valence-corrected chi connectivity index (χ0v) is 25.9. The predicted molar refractivity (Wildman–Crippen MR) is 163 cm³/mol. The highest BCUT2D eigenvalue weighted by atomic mass is 35.5. The summed E-state index contributed by atoms with van der Waals surface area (Å²) in [6, 6.07) is 8.53. The summed E-state index contributed by atoms with van der Waals surface area (Å²) in [5.41, 5.74) is 2.70. The quantitative estimate of drug-likeness (QED) is 0.233. The molecule has 1 aromatic carbocycles. The van der Waals surface area contributed by atoms with Gasteiger partial charge in [-0.1, -0.05) is 19.1 Å². The van der Waals surface area contributed by atoms with Gasteiger partial charge in [0, 0.05) is 48.9 Å². The molecule has 0 spiro atoms. The number of hydrogen-bond acceptors (Lipinski definition) is 4. The summed E-state index contributed by atoms with van der Waals surface area (Å²) >= 11 is 11.9. The number of nitrogens with one attached hydrogen (secondary N) is 1. The summed E-state index contributed by atoms with van der Waals surface area (Å²) in [5, 5.41) is 3.38. The molecule has 1 aromatic rings. The van der Waals surface area contributed by atoms with Gasteiger partial charge in [0.2, 0.25) is 5.91 Å². The second-order valence-corrected chi connectivity index (χ2v) is 14.2. The Hall–Kier alpha value is -1.46. The van der Waals surface area contributed by atoms with Crippen molar-refractivity contribution in [1.29, 1.82) is 0 Å². The Bertz CT molecular complexity index is 1030. The Labute approximate surface area is 251 Å². The third kappa shape index (κ3) is 6.31. The average molecular weight is 592 g/mol. The van der Waals surface area contributed by atoms with Gasteiger partial charge in [0.15, 0.2) is 0 Å². The molecule has 1 aliphatic heterocycles. The van der Waals surface area contributed by atoms with Gasteiger partial charge in [-0.3, -0.25) is 9.59 Å². The second-order valence-electron chi connectivity index (χ2n) is 13.5. The molecule has 1 amide bonds. The molecule has 7 heteroatoms. The molecule has 4 aliphatic rings. The van der Waals surface area contributed by atoms with Gasteiger partial charge >= 0.3 is 5.97 Å². The van der Waals surface area contributed by atoms with Crippen LogP contribution in [0, 0.1) is 29.1 Å². The fourth-order valence-electron chi connectivity index (χ4n) is 9.13. The third-order valence-corrected chi connectivity index (χ3v) is 11.6. The van der Waals surface area contributed by atoms with Crippen LogP contribution >= 0.6 is 23.2 Å². The number of fused-ring (bicyclic) bond motifs is 5. The van der Waals surface area contributed by atoms with Crippen molar-refractivity contribution in [3.63, 3.8) is 0 Å². The van der Waals surface area contributed by atoms with Gasteiger partial charge in [0.25, 0.3) is 0 Å². The Morgan fingerprint density at radius 2 is 1.75 bits per heavy atom. The highest BCUT2D eigenvalue weighted by Crippen LogP contribution is 2.62. The minimum atomic E-state index is -0.0410. The van der Waals surface area contributed by atoms with Crippen LogP contribution in [0.1, 0.15) is 90.0 Å². The first kappa shape index (κ1) is 30.0. The van der Waals surface area contributed by atoms with Crippen molar-refractivity contribution >= 4 is 40.8 Å². The standard InChI is InChI=1S/C33H48Cl2N2O3/c1-32-16-14-26(22-24(32)8-11-27-28(32)15-17-33(2)29(27)12-13-30(38)36-33)40-31(39)5-3-4-23-6-9-25(10-7-23)37(20-18-34)21-19-35/h6-7,9-10,24,26-29H,3-5,8,11-22H2,1-2H3,(H,36,38)/t24-,26-,27?,28?,29?,32-,33-/m0/s1. The van der Waals surface area contributed by atoms with Gasteiger partial charge in [-0.05, 0) is 118 Å². The lowest BCUT2D eigenvalue weighted by atomic mass is 9.45. The molecule has 1 saturated heterocycles. The largest absolute Gasteiger partial charge is 0.462 e. The van der Waals surface area contributed by atoms with Crippen LogP contribution in [0.25, 0.3) is 0 Å². The molecular weight excluding hydrogens is 543 g/mol. The number of anilines is 1. The van der Waals surface area contributed by atoms with Crippen molar-refractivity contribution in [2.75, 3.05) is 29.7 Å². The van der Waals surface area contributed by atoms with Gasteiger partial charge in [0.05, 0.1) is 0 Å². The molecule has 222 valence electrons. The van der Waals surface area contributed by atoms with E-state index in [0.717, 1.165) is 75.6 Å². The van der Waals surface area contributed by atoms with Crippen LogP contribution in [0.2, 0.25) is 0 Å². The number of hydrogen-bond donors (Lipinski definition) is 1. The first-order valence-corrected chi connectivity index (χ1v) is 16.8. The van der Waals surface area contributed by atoms with E-state index in [1.165, 1.54) is 24.8 Å². The van der Waals surface area contributed by atoms with E-state index in [1.807, 2.05) is 0 Å². The summed E-state index contributed by atoms with van der Waals surface area (Å²) < 4.78 is 6.06. The van der Waals surface area contributed by atoms with E-state index in [1.54, 1.807) is 0 Å². The maximum absolute atomic E-state index is 12.8. The third-order valence-electron chi connectivity index (χ3n) is 11.3. The Morgan fingerprint density at radius 3 is 2.48 bits per heavy atom.